The Labute approximate surface area is 104 Å². The van der Waals surface area contributed by atoms with Crippen LogP contribution in [0.25, 0.3) is 10.9 Å². The van der Waals surface area contributed by atoms with Gasteiger partial charge in [-0.1, -0.05) is 32.0 Å². The normalized spacial score (nSPS) is 13.8. The van der Waals surface area contributed by atoms with Gasteiger partial charge in [0.25, 0.3) is 0 Å². The molecule has 0 fully saturated rings. The summed E-state index contributed by atoms with van der Waals surface area (Å²) in [6.07, 6.45) is 5.02. The Balaban J connectivity index is 0.000000514. The first-order chi connectivity index (χ1) is 8.36. The maximum atomic E-state index is 4.78. The fourth-order valence-electron chi connectivity index (χ4n) is 2.61. The van der Waals surface area contributed by atoms with Gasteiger partial charge in [-0.2, -0.15) is 0 Å². The van der Waals surface area contributed by atoms with Gasteiger partial charge >= 0.3 is 0 Å². The molecule has 1 aromatic heterocycles. The third-order valence-electron chi connectivity index (χ3n) is 3.45. The van der Waals surface area contributed by atoms with Gasteiger partial charge in [0, 0.05) is 11.1 Å². The standard InChI is InChI=1S/C14H15N.C2H6/c1-10-11-6-2-4-8-13(11)15-14-9-5-3-7-12(10)14;1-2/h2,4,6,8H,3,5,7,9H2,1H3;1-2H3. The van der Waals surface area contributed by atoms with Crippen molar-refractivity contribution in [3.8, 4) is 0 Å². The minimum Gasteiger partial charge on any atom is -0.253 e. The molecular weight excluding hydrogens is 206 g/mol. The summed E-state index contributed by atoms with van der Waals surface area (Å²) in [4.78, 5) is 4.78. The lowest BCUT2D eigenvalue weighted by Gasteiger charge is -2.18. The van der Waals surface area contributed by atoms with E-state index in [9.17, 15) is 0 Å². The predicted octanol–water partition coefficient (Wildman–Crippen LogP) is 4.45. The molecule has 17 heavy (non-hydrogen) atoms. The Morgan fingerprint density at radius 1 is 1.00 bits per heavy atom. The zero-order valence-corrected chi connectivity index (χ0v) is 11.1. The molecule has 0 saturated heterocycles. The molecule has 1 aliphatic carbocycles. The Morgan fingerprint density at radius 2 is 1.71 bits per heavy atom. The van der Waals surface area contributed by atoms with Crippen molar-refractivity contribution in [2.75, 3.05) is 0 Å². The largest absolute Gasteiger partial charge is 0.253 e. The average Bonchev–Trinajstić information content (AvgIpc) is 2.41. The van der Waals surface area contributed by atoms with Gasteiger partial charge < -0.3 is 0 Å². The number of aromatic nitrogens is 1. The van der Waals surface area contributed by atoms with E-state index in [0.29, 0.717) is 0 Å². The van der Waals surface area contributed by atoms with E-state index in [1.54, 1.807) is 0 Å². The van der Waals surface area contributed by atoms with E-state index < -0.39 is 0 Å². The highest BCUT2D eigenvalue weighted by molar-refractivity contribution is 5.83. The molecule has 0 saturated carbocycles. The quantitative estimate of drug-likeness (QED) is 0.648. The summed E-state index contributed by atoms with van der Waals surface area (Å²) >= 11 is 0. The van der Waals surface area contributed by atoms with Gasteiger partial charge in [0.05, 0.1) is 5.52 Å². The molecule has 2 aromatic rings. The van der Waals surface area contributed by atoms with E-state index in [0.717, 1.165) is 5.52 Å². The Hall–Kier alpha value is -1.37. The lowest BCUT2D eigenvalue weighted by atomic mass is 9.90. The fourth-order valence-corrected chi connectivity index (χ4v) is 2.61. The van der Waals surface area contributed by atoms with Gasteiger partial charge in [-0.15, -0.1) is 0 Å². The molecule has 90 valence electrons. The Kier molecular flexibility index (Phi) is 3.78. The summed E-state index contributed by atoms with van der Waals surface area (Å²) in [5, 5.41) is 1.33. The molecule has 0 bridgehead atoms. The first-order valence-corrected chi connectivity index (χ1v) is 6.73. The molecule has 0 aliphatic heterocycles. The molecule has 3 rings (SSSR count). The number of hydrogen-bond donors (Lipinski definition) is 0. The van der Waals surface area contributed by atoms with E-state index >= 15 is 0 Å². The third-order valence-corrected chi connectivity index (χ3v) is 3.45. The third kappa shape index (κ3) is 2.19. The second-order valence-electron chi connectivity index (χ2n) is 4.39. The van der Waals surface area contributed by atoms with Crippen LogP contribution in [0.2, 0.25) is 0 Å². The second kappa shape index (κ2) is 5.31. The average molecular weight is 227 g/mol. The minimum absolute atomic E-state index is 1.16. The van der Waals surface area contributed by atoms with Crippen LogP contribution in [-0.4, -0.2) is 4.98 Å². The van der Waals surface area contributed by atoms with E-state index in [4.69, 9.17) is 4.98 Å². The first kappa shape index (κ1) is 12.1. The van der Waals surface area contributed by atoms with Gasteiger partial charge in [-0.25, -0.2) is 0 Å². The number of aryl methyl sites for hydroxylation is 2. The van der Waals surface area contributed by atoms with Crippen LogP contribution in [0.4, 0.5) is 0 Å². The molecular formula is C16H21N. The lowest BCUT2D eigenvalue weighted by Crippen LogP contribution is -2.07. The van der Waals surface area contributed by atoms with Crippen molar-refractivity contribution in [2.24, 2.45) is 0 Å². The molecule has 0 radical (unpaired) electrons. The van der Waals surface area contributed by atoms with Crippen molar-refractivity contribution in [3.63, 3.8) is 0 Å². The molecule has 1 heterocycles. The Bertz CT molecular complexity index is 514. The van der Waals surface area contributed by atoms with Gasteiger partial charge in [0.1, 0.15) is 0 Å². The summed E-state index contributed by atoms with van der Waals surface area (Å²) in [5.41, 5.74) is 5.48. The van der Waals surface area contributed by atoms with Crippen molar-refractivity contribution in [1.82, 2.24) is 4.98 Å². The molecule has 0 N–H and O–H groups in total. The van der Waals surface area contributed by atoms with Gasteiger partial charge in [0.15, 0.2) is 0 Å². The van der Waals surface area contributed by atoms with Gasteiger partial charge in [-0.3, -0.25) is 4.98 Å². The van der Waals surface area contributed by atoms with Crippen molar-refractivity contribution in [3.05, 3.63) is 41.1 Å². The molecule has 1 heteroatoms. The molecule has 1 nitrogen and oxygen atoms in total. The van der Waals surface area contributed by atoms with Crippen LogP contribution in [-0.2, 0) is 12.8 Å². The van der Waals surface area contributed by atoms with Crippen molar-refractivity contribution >= 4 is 10.9 Å². The topological polar surface area (TPSA) is 12.9 Å². The van der Waals surface area contributed by atoms with Crippen LogP contribution in [0, 0.1) is 6.92 Å². The van der Waals surface area contributed by atoms with Crippen molar-refractivity contribution < 1.29 is 0 Å². The number of benzene rings is 1. The summed E-state index contributed by atoms with van der Waals surface area (Å²) in [5.74, 6) is 0. The van der Waals surface area contributed by atoms with Crippen LogP contribution in [0.1, 0.15) is 43.5 Å². The minimum atomic E-state index is 1.16. The number of nitrogens with zero attached hydrogens (tertiary/aromatic N) is 1. The summed E-state index contributed by atoms with van der Waals surface area (Å²) in [6.45, 7) is 6.24. The van der Waals surface area contributed by atoms with Crippen LogP contribution >= 0.6 is 0 Å². The summed E-state index contributed by atoms with van der Waals surface area (Å²) in [7, 11) is 0. The lowest BCUT2D eigenvalue weighted by molar-refractivity contribution is 0.668. The summed E-state index contributed by atoms with van der Waals surface area (Å²) < 4.78 is 0. The fraction of sp³-hybridized carbons (Fsp3) is 0.438. The highest BCUT2D eigenvalue weighted by Crippen LogP contribution is 2.28. The number of rotatable bonds is 0. The molecule has 0 spiro atoms. The zero-order chi connectivity index (χ0) is 12.3. The smallest absolute Gasteiger partial charge is 0.0708 e. The molecule has 1 aliphatic rings. The highest BCUT2D eigenvalue weighted by atomic mass is 14.7. The zero-order valence-electron chi connectivity index (χ0n) is 11.1. The first-order valence-electron chi connectivity index (χ1n) is 6.73. The monoisotopic (exact) mass is 227 g/mol. The molecule has 1 aromatic carbocycles. The molecule has 0 amide bonds. The van der Waals surface area contributed by atoms with Crippen LogP contribution < -0.4 is 0 Å². The van der Waals surface area contributed by atoms with Crippen LogP contribution in [0.5, 0.6) is 0 Å². The van der Waals surface area contributed by atoms with E-state index in [-0.39, 0.29) is 0 Å². The van der Waals surface area contributed by atoms with Crippen LogP contribution in [0.15, 0.2) is 24.3 Å². The maximum Gasteiger partial charge on any atom is 0.0708 e. The number of hydrogen-bond acceptors (Lipinski definition) is 1. The number of para-hydroxylation sites is 1. The Morgan fingerprint density at radius 3 is 2.53 bits per heavy atom. The van der Waals surface area contributed by atoms with Crippen molar-refractivity contribution in [2.45, 2.75) is 46.5 Å². The highest BCUT2D eigenvalue weighted by Gasteiger charge is 2.14. The summed E-state index contributed by atoms with van der Waals surface area (Å²) in [6, 6.07) is 8.49. The second-order valence-corrected chi connectivity index (χ2v) is 4.39. The molecule has 0 atom stereocenters. The van der Waals surface area contributed by atoms with Gasteiger partial charge in [-0.05, 0) is 49.8 Å². The predicted molar refractivity (Wildman–Crippen MR) is 74.5 cm³/mol. The van der Waals surface area contributed by atoms with Gasteiger partial charge in [0.2, 0.25) is 0 Å². The molecule has 0 unspecified atom stereocenters. The SMILES string of the molecule is CC.Cc1c2c(nc3ccccc13)CCCC2. The van der Waals surface area contributed by atoms with E-state index in [1.807, 2.05) is 13.8 Å². The number of fused-ring (bicyclic) bond motifs is 2. The van der Waals surface area contributed by atoms with Crippen LogP contribution in [0.3, 0.4) is 0 Å². The maximum absolute atomic E-state index is 4.78. The van der Waals surface area contributed by atoms with E-state index in [2.05, 4.69) is 31.2 Å². The number of pyridine rings is 1. The van der Waals surface area contributed by atoms with Crippen molar-refractivity contribution in [1.29, 1.82) is 0 Å². The van der Waals surface area contributed by atoms with E-state index in [1.165, 1.54) is 47.9 Å².